The molecule has 0 bridgehead atoms. The first kappa shape index (κ1) is 36.1. The number of thioether (sulfide) groups is 1. The van der Waals surface area contributed by atoms with Crippen molar-refractivity contribution in [3.05, 3.63) is 34.8 Å². The Bertz CT molecular complexity index is 1070. The van der Waals surface area contributed by atoms with Gasteiger partial charge in [0, 0.05) is 30.8 Å². The van der Waals surface area contributed by atoms with Crippen LogP contribution in [-0.2, 0) is 28.3 Å². The highest BCUT2D eigenvalue weighted by Gasteiger charge is 2.40. The van der Waals surface area contributed by atoms with Crippen molar-refractivity contribution in [3.8, 4) is 11.8 Å². The quantitative estimate of drug-likeness (QED) is 0.0461. The number of esters is 2. The molecule has 2 aliphatic rings. The molecule has 42 heavy (non-hydrogen) atoms. The molecule has 2 aliphatic carbocycles. The number of hydrogen-bond donors (Lipinski definition) is 0. The van der Waals surface area contributed by atoms with Gasteiger partial charge in [0.1, 0.15) is 0 Å². The van der Waals surface area contributed by atoms with Crippen LogP contribution >= 0.6 is 11.8 Å². The molecule has 0 saturated heterocycles. The number of allylic oxidation sites excluding steroid dienone is 5. The normalized spacial score (nSPS) is 19.6. The fourth-order valence-electron chi connectivity index (χ4n) is 4.84. The number of methoxy groups -OCH3 is 2. The molecule has 0 radical (unpaired) electrons. The Morgan fingerprint density at radius 3 is 2.31 bits per heavy atom. The average molecular weight is 617 g/mol. The van der Waals surface area contributed by atoms with E-state index in [2.05, 4.69) is 63.9 Å². The predicted octanol–water partition coefficient (Wildman–Crippen LogP) is 7.95. The second kappa shape index (κ2) is 17.9. The molecule has 2 unspecified atom stereocenters. The molecule has 6 nitrogen and oxygen atoms in total. The Morgan fingerprint density at radius 1 is 1.05 bits per heavy atom. The summed E-state index contributed by atoms with van der Waals surface area (Å²) >= 11 is 1.59. The minimum atomic E-state index is -1.98. The molecule has 0 aliphatic heterocycles. The fraction of sp³-hybridized carbons (Fsp3) is 0.676. The zero-order valence-corrected chi connectivity index (χ0v) is 28.7. The number of carbonyl (C=O) groups excluding carboxylic acids is 3. The standard InChI is InChI=1S/C34H52O6SSi/c1-34(2,3)42(6,7)40-29(26-17-14-15-18-26)23-22-27-25-30(41-24-16-10-13-21-32(36)39-5)33(37)28(27)19-11-8-9-12-20-31(35)38-4/h19,22-23,25-27,29H,9-10,12-18,20-21,24H2,1-7H3. The van der Waals surface area contributed by atoms with Crippen molar-refractivity contribution in [1.29, 1.82) is 0 Å². The van der Waals surface area contributed by atoms with Crippen LogP contribution in [0, 0.1) is 23.7 Å². The van der Waals surface area contributed by atoms with E-state index in [1.165, 1.54) is 39.9 Å². The third kappa shape index (κ3) is 11.9. The van der Waals surface area contributed by atoms with E-state index in [9.17, 15) is 14.4 Å². The Kier molecular flexibility index (Phi) is 15.4. The number of ketones is 1. The number of ether oxygens (including phenoxy) is 2. The summed E-state index contributed by atoms with van der Waals surface area (Å²) in [6.07, 6.45) is 17.7. The van der Waals surface area contributed by atoms with E-state index in [1.807, 2.05) is 0 Å². The Balaban J connectivity index is 2.18. The number of carbonyl (C=O) groups is 3. The number of hydrogen-bond acceptors (Lipinski definition) is 7. The van der Waals surface area contributed by atoms with Gasteiger partial charge in [0.15, 0.2) is 14.1 Å². The molecule has 0 spiro atoms. The molecular formula is C34H52O6SSi. The highest BCUT2D eigenvalue weighted by molar-refractivity contribution is 8.04. The lowest BCUT2D eigenvalue weighted by Gasteiger charge is -2.40. The smallest absolute Gasteiger partial charge is 0.305 e. The number of unbranched alkanes of at least 4 members (excludes halogenated alkanes) is 3. The monoisotopic (exact) mass is 616 g/mol. The molecule has 2 atom stereocenters. The first-order valence-corrected chi connectivity index (χ1v) is 19.4. The molecule has 0 aromatic rings. The Morgan fingerprint density at radius 2 is 1.69 bits per heavy atom. The maximum atomic E-state index is 13.5. The maximum absolute atomic E-state index is 13.5. The molecule has 2 rings (SSSR count). The van der Waals surface area contributed by atoms with Crippen LogP contribution in [0.2, 0.25) is 18.1 Å². The van der Waals surface area contributed by atoms with Crippen LogP contribution in [0.3, 0.4) is 0 Å². The first-order valence-electron chi connectivity index (χ1n) is 15.5. The molecule has 1 saturated carbocycles. The molecule has 0 aromatic heterocycles. The molecule has 8 heteroatoms. The lowest BCUT2D eigenvalue weighted by Crippen LogP contribution is -2.45. The molecule has 0 amide bonds. The van der Waals surface area contributed by atoms with Gasteiger partial charge >= 0.3 is 11.9 Å². The molecule has 0 heterocycles. The van der Waals surface area contributed by atoms with Gasteiger partial charge in [-0.25, -0.2) is 0 Å². The second-order valence-electron chi connectivity index (χ2n) is 12.7. The maximum Gasteiger partial charge on any atom is 0.305 e. The van der Waals surface area contributed by atoms with E-state index < -0.39 is 8.32 Å². The summed E-state index contributed by atoms with van der Waals surface area (Å²) in [6.45, 7) is 11.4. The van der Waals surface area contributed by atoms with Gasteiger partial charge in [0.05, 0.1) is 25.2 Å². The second-order valence-corrected chi connectivity index (χ2v) is 18.6. The Hall–Kier alpha value is -2.08. The highest BCUT2D eigenvalue weighted by Crippen LogP contribution is 2.41. The predicted molar refractivity (Wildman–Crippen MR) is 174 cm³/mol. The topological polar surface area (TPSA) is 78.9 Å². The van der Waals surface area contributed by atoms with E-state index in [4.69, 9.17) is 13.9 Å². The van der Waals surface area contributed by atoms with Gasteiger partial charge in [0.25, 0.3) is 0 Å². The van der Waals surface area contributed by atoms with Gasteiger partial charge in [-0.15, -0.1) is 11.8 Å². The van der Waals surface area contributed by atoms with Crippen molar-refractivity contribution in [2.75, 3.05) is 20.0 Å². The summed E-state index contributed by atoms with van der Waals surface area (Å²) in [5.41, 5.74) is 0.692. The van der Waals surface area contributed by atoms with Crippen LogP contribution in [-0.4, -0.2) is 52.1 Å². The van der Waals surface area contributed by atoms with Crippen LogP contribution in [0.1, 0.15) is 91.4 Å². The first-order chi connectivity index (χ1) is 19.9. The van der Waals surface area contributed by atoms with Gasteiger partial charge in [-0.3, -0.25) is 14.4 Å². The van der Waals surface area contributed by atoms with Gasteiger partial charge in [-0.1, -0.05) is 70.1 Å². The molecule has 1 fully saturated rings. The van der Waals surface area contributed by atoms with Gasteiger partial charge in [0.2, 0.25) is 0 Å². The van der Waals surface area contributed by atoms with Gasteiger partial charge in [-0.05, 0) is 68.0 Å². The minimum Gasteiger partial charge on any atom is -0.469 e. The van der Waals surface area contributed by atoms with Crippen molar-refractivity contribution >= 4 is 37.8 Å². The van der Waals surface area contributed by atoms with Crippen molar-refractivity contribution < 1.29 is 28.3 Å². The van der Waals surface area contributed by atoms with E-state index >= 15 is 0 Å². The lowest BCUT2D eigenvalue weighted by molar-refractivity contribution is -0.141. The Labute approximate surface area is 259 Å². The van der Waals surface area contributed by atoms with Crippen LogP contribution < -0.4 is 0 Å². The third-order valence-electron chi connectivity index (χ3n) is 8.54. The SMILES string of the molecule is COC(=O)CCCC#CC=C1C(=O)C(SCCCCCC(=O)OC)=CC1C=CC(O[Si](C)(C)C(C)(C)C)C1CCCC1. The van der Waals surface area contributed by atoms with Gasteiger partial charge < -0.3 is 13.9 Å². The average Bonchev–Trinajstić information content (AvgIpc) is 3.58. The summed E-state index contributed by atoms with van der Waals surface area (Å²) in [6, 6.07) is 0. The molecule has 0 aromatic carbocycles. The van der Waals surface area contributed by atoms with Crippen molar-refractivity contribution in [1.82, 2.24) is 0 Å². The van der Waals surface area contributed by atoms with Gasteiger partial charge in [-0.2, -0.15) is 0 Å². The minimum absolute atomic E-state index is 0.0378. The van der Waals surface area contributed by atoms with Crippen molar-refractivity contribution in [2.24, 2.45) is 11.8 Å². The number of Topliss-reactive ketones (excluding diaryl/α,β-unsaturated/α-hetero) is 1. The summed E-state index contributed by atoms with van der Waals surface area (Å²) in [7, 11) is 0.821. The summed E-state index contributed by atoms with van der Waals surface area (Å²) < 4.78 is 16.3. The van der Waals surface area contributed by atoms with Crippen LogP contribution in [0.4, 0.5) is 0 Å². The molecule has 0 N–H and O–H groups in total. The highest BCUT2D eigenvalue weighted by atomic mass is 32.2. The van der Waals surface area contributed by atoms with Crippen molar-refractivity contribution in [2.45, 2.75) is 116 Å². The molecule has 234 valence electrons. The van der Waals surface area contributed by atoms with Crippen LogP contribution in [0.25, 0.3) is 0 Å². The lowest BCUT2D eigenvalue weighted by atomic mass is 9.96. The summed E-state index contributed by atoms with van der Waals surface area (Å²) in [4.78, 5) is 36.9. The largest absolute Gasteiger partial charge is 0.469 e. The third-order valence-corrected chi connectivity index (χ3v) is 14.1. The summed E-state index contributed by atoms with van der Waals surface area (Å²) in [5, 5.41) is 0.121. The zero-order chi connectivity index (χ0) is 31.2. The van der Waals surface area contributed by atoms with Crippen molar-refractivity contribution in [3.63, 3.8) is 0 Å². The van der Waals surface area contributed by atoms with E-state index in [1.54, 1.807) is 17.8 Å². The number of rotatable bonds is 15. The molecular weight excluding hydrogens is 565 g/mol. The summed E-state index contributed by atoms with van der Waals surface area (Å²) in [5.74, 6) is 6.97. The zero-order valence-electron chi connectivity index (χ0n) is 26.9. The van der Waals surface area contributed by atoms with E-state index in [-0.39, 0.29) is 34.8 Å². The van der Waals surface area contributed by atoms with E-state index in [0.717, 1.165) is 29.9 Å². The fourth-order valence-corrected chi connectivity index (χ4v) is 7.20. The van der Waals surface area contributed by atoms with E-state index in [0.29, 0.717) is 37.2 Å². The van der Waals surface area contributed by atoms with Crippen LogP contribution in [0.15, 0.2) is 34.8 Å². The van der Waals surface area contributed by atoms with Crippen LogP contribution in [0.5, 0.6) is 0 Å².